The third-order valence-corrected chi connectivity index (χ3v) is 11.7. The van der Waals surface area contributed by atoms with Gasteiger partial charge in [-0.25, -0.2) is 0 Å². The number of rotatable bonds is 8. The Morgan fingerprint density at radius 1 is 0.491 bits per heavy atom. The molecule has 0 unspecified atom stereocenters. The van der Waals surface area contributed by atoms with Crippen LogP contribution < -0.4 is 4.90 Å². The van der Waals surface area contributed by atoms with E-state index in [2.05, 4.69) is 242 Å². The van der Waals surface area contributed by atoms with Crippen LogP contribution in [0.1, 0.15) is 41.7 Å². The van der Waals surface area contributed by atoms with E-state index in [0.717, 1.165) is 22.7 Å². The highest BCUT2D eigenvalue weighted by Gasteiger charge is 2.46. The Hall–Kier alpha value is -7.16. The Morgan fingerprint density at radius 3 is 1.77 bits per heavy atom. The van der Waals surface area contributed by atoms with Crippen molar-refractivity contribution in [3.63, 3.8) is 0 Å². The minimum absolute atomic E-state index is 0.502. The lowest BCUT2D eigenvalue weighted by Gasteiger charge is -2.35. The zero-order valence-electron chi connectivity index (χ0n) is 32.2. The van der Waals surface area contributed by atoms with Crippen molar-refractivity contribution in [2.75, 3.05) is 4.90 Å². The summed E-state index contributed by atoms with van der Waals surface area (Å²) < 4.78 is 2.40. The maximum absolute atomic E-state index is 2.46. The number of anilines is 3. The van der Waals surface area contributed by atoms with Crippen LogP contribution in [0.5, 0.6) is 0 Å². The van der Waals surface area contributed by atoms with Crippen molar-refractivity contribution in [3.05, 3.63) is 246 Å². The van der Waals surface area contributed by atoms with Crippen LogP contribution in [0.15, 0.2) is 218 Å². The summed E-state index contributed by atoms with van der Waals surface area (Å²) in [6.07, 6.45) is 6.35. The van der Waals surface area contributed by atoms with E-state index < -0.39 is 5.41 Å². The normalized spacial score (nSPS) is 13.3. The molecule has 0 saturated heterocycles. The van der Waals surface area contributed by atoms with Gasteiger partial charge in [-0.05, 0) is 113 Å². The van der Waals surface area contributed by atoms with Crippen molar-refractivity contribution in [1.82, 2.24) is 4.57 Å². The SMILES string of the molecule is C/C=C\C=C(/C)c1ccc(N(c2ccc3c(c2)C(c2ccccc2)(c2ccccc2)c2ccccc2-3)c2ccc3c4ccccc4n(-c4ccccc4)c3c2)cc1. The first-order chi connectivity index (χ1) is 28.2. The molecular formula is C55H42N2. The van der Waals surface area contributed by atoms with Crippen LogP contribution in [0, 0.1) is 0 Å². The fourth-order valence-corrected chi connectivity index (χ4v) is 9.18. The minimum atomic E-state index is -0.502. The second-order valence-corrected chi connectivity index (χ2v) is 14.9. The van der Waals surface area contributed by atoms with Crippen LogP contribution in [0.25, 0.3) is 44.2 Å². The largest absolute Gasteiger partial charge is 0.310 e. The van der Waals surface area contributed by atoms with Crippen LogP contribution in [0.3, 0.4) is 0 Å². The summed E-state index contributed by atoms with van der Waals surface area (Å²) in [4.78, 5) is 2.44. The van der Waals surface area contributed by atoms with Crippen LogP contribution >= 0.6 is 0 Å². The van der Waals surface area contributed by atoms with E-state index in [0.29, 0.717) is 0 Å². The molecule has 1 aromatic heterocycles. The van der Waals surface area contributed by atoms with Crippen molar-refractivity contribution in [2.45, 2.75) is 19.3 Å². The number of benzene rings is 8. The molecule has 10 rings (SSSR count). The molecule has 0 radical (unpaired) electrons. The van der Waals surface area contributed by atoms with Gasteiger partial charge < -0.3 is 9.47 Å². The predicted octanol–water partition coefficient (Wildman–Crippen LogP) is 14.6. The van der Waals surface area contributed by atoms with E-state index in [1.165, 1.54) is 66.3 Å². The molecular weight excluding hydrogens is 689 g/mol. The van der Waals surface area contributed by atoms with E-state index in [9.17, 15) is 0 Å². The Morgan fingerprint density at radius 2 is 1.05 bits per heavy atom. The molecule has 0 saturated carbocycles. The van der Waals surface area contributed by atoms with Gasteiger partial charge in [0.15, 0.2) is 0 Å². The zero-order valence-corrected chi connectivity index (χ0v) is 32.2. The Labute approximate surface area is 334 Å². The smallest absolute Gasteiger partial charge is 0.0714 e. The second kappa shape index (κ2) is 14.2. The lowest BCUT2D eigenvalue weighted by atomic mass is 9.67. The number of allylic oxidation sites excluding steroid dienone is 4. The van der Waals surface area contributed by atoms with Gasteiger partial charge in [0, 0.05) is 33.5 Å². The van der Waals surface area contributed by atoms with Gasteiger partial charge >= 0.3 is 0 Å². The van der Waals surface area contributed by atoms with E-state index in [-0.39, 0.29) is 0 Å². The molecule has 0 bridgehead atoms. The van der Waals surface area contributed by atoms with Crippen LogP contribution in [-0.2, 0) is 5.41 Å². The Kier molecular flexibility index (Phi) is 8.53. The third kappa shape index (κ3) is 5.56. The molecule has 1 aliphatic carbocycles. The quantitative estimate of drug-likeness (QED) is 0.141. The van der Waals surface area contributed by atoms with Crippen LogP contribution in [0.4, 0.5) is 17.1 Å². The Bertz CT molecular complexity index is 2910. The molecule has 0 amide bonds. The number of hydrogen-bond acceptors (Lipinski definition) is 1. The topological polar surface area (TPSA) is 8.17 Å². The van der Waals surface area contributed by atoms with Crippen molar-refractivity contribution in [2.24, 2.45) is 0 Å². The molecule has 0 N–H and O–H groups in total. The average Bonchev–Trinajstić information content (AvgIpc) is 3.77. The standard InChI is InChI=1S/C55H42N2/c1-3-4-18-39(2)40-29-31-44(32-30-40)56(46-34-36-50-49-26-15-17-28-53(49)57(54(50)38-46)43-23-12-7-13-24-43)45-33-35-48-47-25-14-16-27-51(47)55(52(48)37-45,41-19-8-5-9-20-41)42-21-10-6-11-22-42/h3-38H,1-2H3/b4-3-,39-18+. The average molecular weight is 731 g/mol. The van der Waals surface area contributed by atoms with E-state index in [4.69, 9.17) is 0 Å². The maximum Gasteiger partial charge on any atom is 0.0714 e. The summed E-state index contributed by atoms with van der Waals surface area (Å²) in [5.41, 5.74) is 16.4. The predicted molar refractivity (Wildman–Crippen MR) is 241 cm³/mol. The summed E-state index contributed by atoms with van der Waals surface area (Å²) in [5, 5.41) is 2.47. The molecule has 1 heterocycles. The third-order valence-electron chi connectivity index (χ3n) is 11.7. The molecule has 8 aromatic carbocycles. The fraction of sp³-hybridized carbons (Fsp3) is 0.0545. The lowest BCUT2D eigenvalue weighted by Crippen LogP contribution is -2.28. The summed E-state index contributed by atoms with van der Waals surface area (Å²) in [5.74, 6) is 0. The highest BCUT2D eigenvalue weighted by molar-refractivity contribution is 6.10. The van der Waals surface area contributed by atoms with Gasteiger partial charge in [0.05, 0.1) is 16.4 Å². The molecule has 0 atom stereocenters. The van der Waals surface area contributed by atoms with Gasteiger partial charge in [0.1, 0.15) is 0 Å². The van der Waals surface area contributed by atoms with Crippen LogP contribution in [-0.4, -0.2) is 4.57 Å². The fourth-order valence-electron chi connectivity index (χ4n) is 9.18. The van der Waals surface area contributed by atoms with Crippen molar-refractivity contribution >= 4 is 44.4 Å². The molecule has 1 aliphatic rings. The van der Waals surface area contributed by atoms with Gasteiger partial charge in [-0.15, -0.1) is 0 Å². The zero-order chi connectivity index (χ0) is 38.3. The number of aromatic nitrogens is 1. The van der Waals surface area contributed by atoms with E-state index in [1.54, 1.807) is 0 Å². The first-order valence-corrected chi connectivity index (χ1v) is 19.8. The van der Waals surface area contributed by atoms with E-state index >= 15 is 0 Å². The highest BCUT2D eigenvalue weighted by atomic mass is 15.1. The van der Waals surface area contributed by atoms with Crippen molar-refractivity contribution in [3.8, 4) is 16.8 Å². The molecule has 0 fully saturated rings. The van der Waals surface area contributed by atoms with Crippen molar-refractivity contribution in [1.29, 1.82) is 0 Å². The summed E-state index contributed by atoms with van der Waals surface area (Å²) in [6.45, 7) is 4.23. The summed E-state index contributed by atoms with van der Waals surface area (Å²) in [6, 6.07) is 73.6. The number of nitrogens with zero attached hydrogens (tertiary/aromatic N) is 2. The van der Waals surface area contributed by atoms with Gasteiger partial charge in [-0.1, -0.05) is 164 Å². The monoisotopic (exact) mass is 730 g/mol. The van der Waals surface area contributed by atoms with Gasteiger partial charge in [0.2, 0.25) is 0 Å². The van der Waals surface area contributed by atoms with E-state index in [1.807, 2.05) is 0 Å². The Balaban J connectivity index is 1.24. The molecule has 272 valence electrons. The lowest BCUT2D eigenvalue weighted by molar-refractivity contribution is 0.768. The number of fused-ring (bicyclic) bond motifs is 6. The van der Waals surface area contributed by atoms with Crippen molar-refractivity contribution < 1.29 is 0 Å². The molecule has 2 heteroatoms. The summed E-state index contributed by atoms with van der Waals surface area (Å²) in [7, 11) is 0. The highest BCUT2D eigenvalue weighted by Crippen LogP contribution is 2.57. The second-order valence-electron chi connectivity index (χ2n) is 14.9. The molecule has 57 heavy (non-hydrogen) atoms. The maximum atomic E-state index is 2.46. The molecule has 2 nitrogen and oxygen atoms in total. The molecule has 0 spiro atoms. The number of para-hydroxylation sites is 2. The van der Waals surface area contributed by atoms with Gasteiger partial charge in [-0.3, -0.25) is 0 Å². The molecule has 0 aliphatic heterocycles. The number of hydrogen-bond donors (Lipinski definition) is 0. The van der Waals surface area contributed by atoms with Gasteiger partial charge in [0.25, 0.3) is 0 Å². The first-order valence-electron chi connectivity index (χ1n) is 19.8. The first kappa shape index (κ1) is 34.3. The summed E-state index contributed by atoms with van der Waals surface area (Å²) >= 11 is 0. The van der Waals surface area contributed by atoms with Gasteiger partial charge in [-0.2, -0.15) is 0 Å². The van der Waals surface area contributed by atoms with Crippen LogP contribution in [0.2, 0.25) is 0 Å². The molecule has 9 aromatic rings. The minimum Gasteiger partial charge on any atom is -0.310 e.